The highest BCUT2D eigenvalue weighted by atomic mass is 35.5. The van der Waals surface area contributed by atoms with Crippen LogP contribution in [-0.4, -0.2) is 48.8 Å². The fourth-order valence-electron chi connectivity index (χ4n) is 1.87. The molecule has 0 saturated heterocycles. The molecule has 0 atom stereocenters. The lowest BCUT2D eigenvalue weighted by molar-refractivity contribution is -0.135. The number of carbonyl (C=O) groups is 3. The Balaban J connectivity index is 0.00000576. The summed E-state index contributed by atoms with van der Waals surface area (Å²) in [5, 5.41) is 5.77. The fraction of sp³-hybridized carbons (Fsp3) is 0.400. The van der Waals surface area contributed by atoms with Crippen LogP contribution in [0.3, 0.4) is 0 Å². The lowest BCUT2D eigenvalue weighted by atomic mass is 10.3. The standard InChI is InChI=1S/C15H20Cl2N4O3.ClH/c1-2-5-21(15(24)8-19-13(22)7-18)9-14(23)20-12-4-3-10(16)6-11(12)17;/h3-4,6H,2,5,7-9,18H2,1H3,(H,19,22)(H,20,23);1H. The molecule has 0 bridgehead atoms. The van der Waals surface area contributed by atoms with Gasteiger partial charge in [-0.25, -0.2) is 0 Å². The zero-order valence-corrected chi connectivity index (χ0v) is 16.0. The van der Waals surface area contributed by atoms with Crippen LogP contribution in [0.2, 0.25) is 10.0 Å². The Hall–Kier alpha value is -1.54. The van der Waals surface area contributed by atoms with Gasteiger partial charge in [0, 0.05) is 11.6 Å². The van der Waals surface area contributed by atoms with Gasteiger partial charge in [0.05, 0.1) is 30.3 Å². The summed E-state index contributed by atoms with van der Waals surface area (Å²) in [4.78, 5) is 36.7. The molecule has 0 unspecified atom stereocenters. The third kappa shape index (κ3) is 8.40. The molecule has 10 heteroatoms. The molecular formula is C15H21Cl3N4O3. The number of nitrogens with one attached hydrogen (secondary N) is 2. The number of halogens is 3. The van der Waals surface area contributed by atoms with Crippen LogP contribution in [0.15, 0.2) is 18.2 Å². The highest BCUT2D eigenvalue weighted by Gasteiger charge is 2.17. The maximum atomic E-state index is 12.1. The molecule has 0 spiro atoms. The van der Waals surface area contributed by atoms with E-state index in [1.807, 2.05) is 6.92 Å². The van der Waals surface area contributed by atoms with Crippen molar-refractivity contribution >= 4 is 59.0 Å². The zero-order chi connectivity index (χ0) is 18.1. The topological polar surface area (TPSA) is 105 Å². The van der Waals surface area contributed by atoms with Gasteiger partial charge in [0.15, 0.2) is 0 Å². The van der Waals surface area contributed by atoms with Gasteiger partial charge >= 0.3 is 0 Å². The molecule has 140 valence electrons. The molecule has 1 aromatic rings. The first kappa shape index (κ1) is 23.5. The maximum Gasteiger partial charge on any atom is 0.244 e. The highest BCUT2D eigenvalue weighted by molar-refractivity contribution is 6.36. The predicted molar refractivity (Wildman–Crippen MR) is 101 cm³/mol. The van der Waals surface area contributed by atoms with Gasteiger partial charge in [0.1, 0.15) is 0 Å². The van der Waals surface area contributed by atoms with Crippen LogP contribution < -0.4 is 16.4 Å². The molecule has 0 aromatic heterocycles. The van der Waals surface area contributed by atoms with E-state index < -0.39 is 11.8 Å². The van der Waals surface area contributed by atoms with E-state index in [9.17, 15) is 14.4 Å². The lowest BCUT2D eigenvalue weighted by Gasteiger charge is -2.22. The Morgan fingerprint density at radius 2 is 1.88 bits per heavy atom. The van der Waals surface area contributed by atoms with Gasteiger partial charge < -0.3 is 21.3 Å². The Bertz CT molecular complexity index is 614. The third-order valence-corrected chi connectivity index (χ3v) is 3.56. The van der Waals surface area contributed by atoms with Crippen molar-refractivity contribution in [2.24, 2.45) is 5.73 Å². The van der Waals surface area contributed by atoms with Gasteiger partial charge in [0.2, 0.25) is 17.7 Å². The Morgan fingerprint density at radius 1 is 1.20 bits per heavy atom. The molecule has 0 saturated carbocycles. The van der Waals surface area contributed by atoms with Crippen molar-refractivity contribution in [2.45, 2.75) is 13.3 Å². The van der Waals surface area contributed by atoms with Crippen LogP contribution in [0.1, 0.15) is 13.3 Å². The van der Waals surface area contributed by atoms with Gasteiger partial charge in [0.25, 0.3) is 0 Å². The van der Waals surface area contributed by atoms with Crippen molar-refractivity contribution in [3.63, 3.8) is 0 Å². The van der Waals surface area contributed by atoms with Crippen molar-refractivity contribution in [2.75, 3.05) is 31.5 Å². The number of rotatable bonds is 8. The number of nitrogens with two attached hydrogens (primary N) is 1. The van der Waals surface area contributed by atoms with Crippen LogP contribution in [-0.2, 0) is 14.4 Å². The molecule has 25 heavy (non-hydrogen) atoms. The van der Waals surface area contributed by atoms with E-state index in [-0.39, 0.29) is 37.9 Å². The molecule has 7 nitrogen and oxygen atoms in total. The van der Waals surface area contributed by atoms with Gasteiger partial charge in [-0.2, -0.15) is 0 Å². The van der Waals surface area contributed by atoms with Gasteiger partial charge in [-0.05, 0) is 24.6 Å². The molecule has 3 amide bonds. The number of amides is 3. The summed E-state index contributed by atoms with van der Waals surface area (Å²) in [6, 6.07) is 4.69. The fourth-order valence-corrected chi connectivity index (χ4v) is 2.33. The Morgan fingerprint density at radius 3 is 2.44 bits per heavy atom. The van der Waals surface area contributed by atoms with Crippen molar-refractivity contribution in [3.05, 3.63) is 28.2 Å². The molecular weight excluding hydrogens is 391 g/mol. The maximum absolute atomic E-state index is 12.1. The van der Waals surface area contributed by atoms with Crippen molar-refractivity contribution < 1.29 is 14.4 Å². The van der Waals surface area contributed by atoms with Gasteiger partial charge in [-0.15, -0.1) is 12.4 Å². The average Bonchev–Trinajstić information content (AvgIpc) is 2.54. The molecule has 0 radical (unpaired) electrons. The molecule has 4 N–H and O–H groups in total. The number of anilines is 1. The smallest absolute Gasteiger partial charge is 0.244 e. The monoisotopic (exact) mass is 410 g/mol. The first-order chi connectivity index (χ1) is 11.4. The van der Waals surface area contributed by atoms with Crippen LogP contribution in [0.5, 0.6) is 0 Å². The second-order valence-electron chi connectivity index (χ2n) is 4.97. The minimum absolute atomic E-state index is 0. The second kappa shape index (κ2) is 11.9. The van der Waals surface area contributed by atoms with Crippen LogP contribution in [0, 0.1) is 0 Å². The van der Waals surface area contributed by atoms with E-state index in [1.165, 1.54) is 11.0 Å². The number of hydrogen-bond donors (Lipinski definition) is 3. The molecule has 0 heterocycles. The van der Waals surface area contributed by atoms with Gasteiger partial charge in [-0.3, -0.25) is 14.4 Å². The van der Waals surface area contributed by atoms with Crippen molar-refractivity contribution in [3.8, 4) is 0 Å². The largest absolute Gasteiger partial charge is 0.346 e. The lowest BCUT2D eigenvalue weighted by Crippen LogP contribution is -2.45. The molecule has 0 aliphatic heterocycles. The third-order valence-electron chi connectivity index (χ3n) is 3.01. The molecule has 1 aromatic carbocycles. The second-order valence-corrected chi connectivity index (χ2v) is 5.81. The molecule has 0 aliphatic rings. The molecule has 1 rings (SSSR count). The van der Waals surface area contributed by atoms with E-state index in [0.717, 1.165) is 0 Å². The quantitative estimate of drug-likeness (QED) is 0.605. The van der Waals surface area contributed by atoms with E-state index in [4.69, 9.17) is 28.9 Å². The first-order valence-corrected chi connectivity index (χ1v) is 8.12. The van der Waals surface area contributed by atoms with E-state index in [2.05, 4.69) is 10.6 Å². The minimum atomic E-state index is -0.433. The summed E-state index contributed by atoms with van der Waals surface area (Å²) in [7, 11) is 0. The van der Waals surface area contributed by atoms with E-state index in [1.54, 1.807) is 12.1 Å². The van der Waals surface area contributed by atoms with E-state index in [0.29, 0.717) is 28.7 Å². The Labute approximate surface area is 162 Å². The molecule has 0 fully saturated rings. The number of benzene rings is 1. The number of nitrogens with zero attached hydrogens (tertiary/aromatic N) is 1. The van der Waals surface area contributed by atoms with E-state index >= 15 is 0 Å². The average molecular weight is 412 g/mol. The summed E-state index contributed by atoms with van der Waals surface area (Å²) in [6.45, 7) is 1.72. The van der Waals surface area contributed by atoms with Crippen LogP contribution in [0.25, 0.3) is 0 Å². The summed E-state index contributed by atoms with van der Waals surface area (Å²) >= 11 is 11.8. The molecule has 0 aliphatic carbocycles. The summed E-state index contributed by atoms with van der Waals surface area (Å²) in [5.41, 5.74) is 5.57. The normalized spacial score (nSPS) is 9.76. The minimum Gasteiger partial charge on any atom is -0.346 e. The summed E-state index contributed by atoms with van der Waals surface area (Å²) in [5.74, 6) is -1.20. The van der Waals surface area contributed by atoms with Gasteiger partial charge in [-0.1, -0.05) is 30.1 Å². The first-order valence-electron chi connectivity index (χ1n) is 7.36. The zero-order valence-electron chi connectivity index (χ0n) is 13.7. The Kier molecular flexibility index (Phi) is 11.2. The summed E-state index contributed by atoms with van der Waals surface area (Å²) < 4.78 is 0. The highest BCUT2D eigenvalue weighted by Crippen LogP contribution is 2.25. The van der Waals surface area contributed by atoms with Crippen LogP contribution >= 0.6 is 35.6 Å². The van der Waals surface area contributed by atoms with Crippen LogP contribution in [0.4, 0.5) is 5.69 Å². The number of carbonyl (C=O) groups excluding carboxylic acids is 3. The number of hydrogen-bond acceptors (Lipinski definition) is 4. The SMILES string of the molecule is CCCN(CC(=O)Nc1ccc(Cl)cc1Cl)C(=O)CNC(=O)CN.Cl. The van der Waals surface area contributed by atoms with Crippen molar-refractivity contribution in [1.82, 2.24) is 10.2 Å². The predicted octanol–water partition coefficient (Wildman–Crippen LogP) is 1.67. The summed E-state index contributed by atoms with van der Waals surface area (Å²) in [6.07, 6.45) is 0.672. The van der Waals surface area contributed by atoms with Crippen molar-refractivity contribution in [1.29, 1.82) is 0 Å².